The Balaban J connectivity index is 1.41. The number of nitrogens with one attached hydrogen (secondary N) is 2. The molecule has 22 heavy (non-hydrogen) atoms. The van der Waals surface area contributed by atoms with E-state index in [-0.39, 0.29) is 6.03 Å². The lowest BCUT2D eigenvalue weighted by Crippen LogP contribution is -2.42. The molecule has 5 nitrogen and oxygen atoms in total. The Hall–Kier alpha value is -1.78. The first kappa shape index (κ1) is 15.1. The van der Waals surface area contributed by atoms with Crippen molar-refractivity contribution in [2.45, 2.75) is 57.5 Å². The van der Waals surface area contributed by atoms with Gasteiger partial charge in [0.25, 0.3) is 0 Å². The van der Waals surface area contributed by atoms with Crippen LogP contribution in [0, 0.1) is 5.92 Å². The van der Waals surface area contributed by atoms with Gasteiger partial charge in [0.2, 0.25) is 5.88 Å². The second-order valence-corrected chi connectivity index (χ2v) is 6.42. The number of ether oxygens (including phenoxy) is 1. The first-order valence-corrected chi connectivity index (χ1v) is 8.42. The van der Waals surface area contributed by atoms with E-state index in [1.807, 2.05) is 12.1 Å². The van der Waals surface area contributed by atoms with E-state index < -0.39 is 0 Å². The topological polar surface area (TPSA) is 63.2 Å². The lowest BCUT2D eigenvalue weighted by Gasteiger charge is -2.22. The zero-order valence-corrected chi connectivity index (χ0v) is 13.0. The van der Waals surface area contributed by atoms with E-state index in [0.29, 0.717) is 24.4 Å². The quantitative estimate of drug-likeness (QED) is 0.849. The zero-order chi connectivity index (χ0) is 15.2. The summed E-state index contributed by atoms with van der Waals surface area (Å²) in [6.07, 6.45) is 10.2. The SMILES string of the molecule is O=C(NCc1ccnc(OCC2CC2)c1)NC1CCCCC1. The van der Waals surface area contributed by atoms with Crippen LogP contribution in [0.25, 0.3) is 0 Å². The van der Waals surface area contributed by atoms with Gasteiger partial charge in [-0.05, 0) is 43.2 Å². The lowest BCUT2D eigenvalue weighted by molar-refractivity contribution is 0.232. The molecular weight excluding hydrogens is 278 g/mol. The highest BCUT2D eigenvalue weighted by atomic mass is 16.5. The summed E-state index contributed by atoms with van der Waals surface area (Å²) in [6.45, 7) is 1.26. The molecule has 120 valence electrons. The van der Waals surface area contributed by atoms with Crippen molar-refractivity contribution in [3.63, 3.8) is 0 Å². The van der Waals surface area contributed by atoms with E-state index >= 15 is 0 Å². The van der Waals surface area contributed by atoms with Crippen LogP contribution in [0.2, 0.25) is 0 Å². The fourth-order valence-electron chi connectivity index (χ4n) is 2.79. The second-order valence-electron chi connectivity index (χ2n) is 6.42. The highest BCUT2D eigenvalue weighted by Crippen LogP contribution is 2.29. The molecule has 3 rings (SSSR count). The third kappa shape index (κ3) is 4.90. The van der Waals surface area contributed by atoms with E-state index in [1.165, 1.54) is 32.1 Å². The molecule has 0 aromatic carbocycles. The second kappa shape index (κ2) is 7.47. The minimum Gasteiger partial charge on any atom is -0.477 e. The molecule has 2 fully saturated rings. The molecule has 1 aromatic heterocycles. The lowest BCUT2D eigenvalue weighted by atomic mass is 9.96. The van der Waals surface area contributed by atoms with E-state index in [1.54, 1.807) is 6.20 Å². The molecular formula is C17H25N3O2. The zero-order valence-electron chi connectivity index (χ0n) is 13.0. The van der Waals surface area contributed by atoms with Crippen LogP contribution in [0.1, 0.15) is 50.5 Å². The summed E-state index contributed by atoms with van der Waals surface area (Å²) in [5.74, 6) is 1.36. The summed E-state index contributed by atoms with van der Waals surface area (Å²) in [6, 6.07) is 4.07. The average molecular weight is 303 g/mol. The predicted molar refractivity (Wildman–Crippen MR) is 84.7 cm³/mol. The maximum absolute atomic E-state index is 11.9. The normalized spacial score (nSPS) is 18.7. The van der Waals surface area contributed by atoms with Crippen molar-refractivity contribution < 1.29 is 9.53 Å². The van der Waals surface area contributed by atoms with Crippen molar-refractivity contribution in [3.8, 4) is 5.88 Å². The van der Waals surface area contributed by atoms with Crippen LogP contribution < -0.4 is 15.4 Å². The third-order valence-corrected chi connectivity index (χ3v) is 4.36. The van der Waals surface area contributed by atoms with Crippen molar-refractivity contribution in [1.82, 2.24) is 15.6 Å². The van der Waals surface area contributed by atoms with Gasteiger partial charge in [0, 0.05) is 24.8 Å². The molecule has 2 aliphatic carbocycles. The van der Waals surface area contributed by atoms with Gasteiger partial charge in [-0.1, -0.05) is 19.3 Å². The number of aromatic nitrogens is 1. The van der Waals surface area contributed by atoms with Crippen molar-refractivity contribution in [3.05, 3.63) is 23.9 Å². The molecule has 2 amide bonds. The number of carbonyl (C=O) groups excluding carboxylic acids is 1. The summed E-state index contributed by atoms with van der Waals surface area (Å²) in [7, 11) is 0. The van der Waals surface area contributed by atoms with Gasteiger partial charge >= 0.3 is 6.03 Å². The third-order valence-electron chi connectivity index (χ3n) is 4.36. The van der Waals surface area contributed by atoms with E-state index in [4.69, 9.17) is 4.74 Å². The summed E-state index contributed by atoms with van der Waals surface area (Å²) in [5, 5.41) is 5.97. The van der Waals surface area contributed by atoms with Crippen molar-refractivity contribution in [2.24, 2.45) is 5.92 Å². The maximum Gasteiger partial charge on any atom is 0.315 e. The van der Waals surface area contributed by atoms with Gasteiger partial charge in [-0.2, -0.15) is 0 Å². The first-order chi connectivity index (χ1) is 10.8. The average Bonchev–Trinajstić information content (AvgIpc) is 3.37. The number of urea groups is 1. The van der Waals surface area contributed by atoms with Crippen LogP contribution in [-0.4, -0.2) is 23.7 Å². The molecule has 0 spiro atoms. The Labute approximate surface area is 131 Å². The Morgan fingerprint density at radius 2 is 2.05 bits per heavy atom. The maximum atomic E-state index is 11.9. The molecule has 0 bridgehead atoms. The van der Waals surface area contributed by atoms with Crippen molar-refractivity contribution in [1.29, 1.82) is 0 Å². The standard InChI is InChI=1S/C17H25N3O2/c21-17(20-15-4-2-1-3-5-15)19-11-14-8-9-18-16(10-14)22-12-13-6-7-13/h8-10,13,15H,1-7,11-12H2,(H2,19,20,21). The summed E-state index contributed by atoms with van der Waals surface area (Å²) in [5.41, 5.74) is 1.01. The van der Waals surface area contributed by atoms with Crippen LogP contribution >= 0.6 is 0 Å². The number of rotatable bonds is 6. The van der Waals surface area contributed by atoms with Gasteiger partial charge in [-0.25, -0.2) is 9.78 Å². The van der Waals surface area contributed by atoms with Gasteiger partial charge in [-0.3, -0.25) is 0 Å². The number of pyridine rings is 1. The summed E-state index contributed by atoms with van der Waals surface area (Å²) < 4.78 is 5.66. The number of carbonyl (C=O) groups is 1. The van der Waals surface area contributed by atoms with Crippen LogP contribution in [-0.2, 0) is 6.54 Å². The van der Waals surface area contributed by atoms with Crippen molar-refractivity contribution >= 4 is 6.03 Å². The minimum atomic E-state index is -0.0795. The van der Waals surface area contributed by atoms with E-state index in [0.717, 1.165) is 25.0 Å². The van der Waals surface area contributed by atoms with Gasteiger partial charge in [0.1, 0.15) is 0 Å². The van der Waals surface area contributed by atoms with Crippen LogP contribution in [0.4, 0.5) is 4.79 Å². The summed E-state index contributed by atoms with van der Waals surface area (Å²) in [4.78, 5) is 16.1. The Morgan fingerprint density at radius 3 is 2.82 bits per heavy atom. The largest absolute Gasteiger partial charge is 0.477 e. The Morgan fingerprint density at radius 1 is 1.23 bits per heavy atom. The van der Waals surface area contributed by atoms with E-state index in [9.17, 15) is 4.79 Å². The molecule has 1 heterocycles. The number of nitrogens with zero attached hydrogens (tertiary/aromatic N) is 1. The molecule has 0 atom stereocenters. The fraction of sp³-hybridized carbons (Fsp3) is 0.647. The minimum absolute atomic E-state index is 0.0795. The monoisotopic (exact) mass is 303 g/mol. The van der Waals surface area contributed by atoms with E-state index in [2.05, 4.69) is 15.6 Å². The molecule has 0 radical (unpaired) electrons. The molecule has 0 saturated heterocycles. The molecule has 2 N–H and O–H groups in total. The predicted octanol–water partition coefficient (Wildman–Crippen LogP) is 3.00. The van der Waals surface area contributed by atoms with Crippen molar-refractivity contribution in [2.75, 3.05) is 6.61 Å². The van der Waals surface area contributed by atoms with Gasteiger partial charge < -0.3 is 15.4 Å². The van der Waals surface area contributed by atoms with Crippen LogP contribution in [0.5, 0.6) is 5.88 Å². The number of hydrogen-bond donors (Lipinski definition) is 2. The molecule has 0 aliphatic heterocycles. The van der Waals surface area contributed by atoms with Crippen LogP contribution in [0.3, 0.4) is 0 Å². The fourth-order valence-corrected chi connectivity index (χ4v) is 2.79. The highest BCUT2D eigenvalue weighted by Gasteiger charge is 2.22. The first-order valence-electron chi connectivity index (χ1n) is 8.42. The van der Waals surface area contributed by atoms with Gasteiger partial charge in [0.05, 0.1) is 6.61 Å². The Kier molecular flexibility index (Phi) is 5.14. The molecule has 5 heteroatoms. The smallest absolute Gasteiger partial charge is 0.315 e. The summed E-state index contributed by atoms with van der Waals surface area (Å²) >= 11 is 0. The van der Waals surface area contributed by atoms with Gasteiger partial charge in [0.15, 0.2) is 0 Å². The highest BCUT2D eigenvalue weighted by molar-refractivity contribution is 5.74. The molecule has 2 saturated carbocycles. The van der Waals surface area contributed by atoms with Crippen LogP contribution in [0.15, 0.2) is 18.3 Å². The molecule has 2 aliphatic rings. The number of amides is 2. The Bertz CT molecular complexity index is 496. The van der Waals surface area contributed by atoms with Gasteiger partial charge in [-0.15, -0.1) is 0 Å². The molecule has 1 aromatic rings. The molecule has 0 unspecified atom stereocenters. The number of hydrogen-bond acceptors (Lipinski definition) is 3.